The van der Waals surface area contributed by atoms with Gasteiger partial charge in [0.2, 0.25) is 0 Å². The van der Waals surface area contributed by atoms with Gasteiger partial charge in [0.1, 0.15) is 0 Å². The molecule has 1 rings (SSSR count). The monoisotopic (exact) mass is 269 g/mol. The van der Waals surface area contributed by atoms with E-state index in [-0.39, 0.29) is 0 Å². The number of hydrogen-bond donors (Lipinski definition) is 1. The minimum atomic E-state index is 0.471. The van der Waals surface area contributed by atoms with Crippen LogP contribution in [0.1, 0.15) is 73.1 Å². The summed E-state index contributed by atoms with van der Waals surface area (Å²) in [7, 11) is 0. The number of rotatable bonds is 8. The summed E-state index contributed by atoms with van der Waals surface area (Å²) >= 11 is 0. The quantitative estimate of drug-likeness (QED) is 0.660. The van der Waals surface area contributed by atoms with Gasteiger partial charge in [-0.05, 0) is 63.3 Å². The minimum Gasteiger partial charge on any atom is -0.378 e. The molecular formula is C17H35NO. The summed E-state index contributed by atoms with van der Waals surface area (Å²) in [4.78, 5) is 0. The van der Waals surface area contributed by atoms with Gasteiger partial charge >= 0.3 is 0 Å². The van der Waals surface area contributed by atoms with E-state index in [2.05, 4.69) is 39.9 Å². The molecular weight excluding hydrogens is 234 g/mol. The van der Waals surface area contributed by atoms with Crippen molar-refractivity contribution in [2.24, 2.45) is 11.3 Å². The van der Waals surface area contributed by atoms with Crippen molar-refractivity contribution in [3.63, 3.8) is 0 Å². The highest BCUT2D eigenvalue weighted by Crippen LogP contribution is 2.39. The van der Waals surface area contributed by atoms with E-state index in [0.717, 1.165) is 19.1 Å². The summed E-state index contributed by atoms with van der Waals surface area (Å²) in [5.74, 6) is 0.818. The summed E-state index contributed by atoms with van der Waals surface area (Å²) in [6.45, 7) is 13.7. The van der Waals surface area contributed by atoms with Gasteiger partial charge in [-0.25, -0.2) is 0 Å². The molecule has 0 aromatic carbocycles. The molecule has 2 nitrogen and oxygen atoms in total. The molecule has 0 saturated heterocycles. The lowest BCUT2D eigenvalue weighted by Crippen LogP contribution is -2.33. The highest BCUT2D eigenvalue weighted by Gasteiger charge is 2.32. The molecule has 2 heteroatoms. The molecule has 3 unspecified atom stereocenters. The molecule has 0 bridgehead atoms. The molecule has 1 aliphatic carbocycles. The predicted molar refractivity (Wildman–Crippen MR) is 83.5 cm³/mol. The third-order valence-corrected chi connectivity index (χ3v) is 4.22. The van der Waals surface area contributed by atoms with E-state index in [1.54, 1.807) is 0 Å². The maximum Gasteiger partial charge on any atom is 0.0582 e. The van der Waals surface area contributed by atoms with Crippen LogP contribution in [0.3, 0.4) is 0 Å². The third kappa shape index (κ3) is 7.31. The Kier molecular flexibility index (Phi) is 7.38. The Morgan fingerprint density at radius 1 is 1.32 bits per heavy atom. The first-order chi connectivity index (χ1) is 8.93. The Bertz CT molecular complexity index is 239. The van der Waals surface area contributed by atoms with Crippen molar-refractivity contribution in [1.29, 1.82) is 0 Å². The number of nitrogens with one attached hydrogen (secondary N) is 1. The molecule has 0 aliphatic heterocycles. The van der Waals surface area contributed by atoms with Crippen LogP contribution in [0.5, 0.6) is 0 Å². The molecule has 1 N–H and O–H groups in total. The van der Waals surface area contributed by atoms with Gasteiger partial charge in [0, 0.05) is 12.6 Å². The molecule has 19 heavy (non-hydrogen) atoms. The van der Waals surface area contributed by atoms with Crippen molar-refractivity contribution in [2.45, 2.75) is 85.3 Å². The maximum atomic E-state index is 6.12. The lowest BCUT2D eigenvalue weighted by molar-refractivity contribution is -0.0243. The average Bonchev–Trinajstić information content (AvgIpc) is 2.29. The van der Waals surface area contributed by atoms with Crippen LogP contribution in [0, 0.1) is 11.3 Å². The first-order valence-electron chi connectivity index (χ1n) is 8.28. The van der Waals surface area contributed by atoms with Gasteiger partial charge in [-0.15, -0.1) is 0 Å². The minimum absolute atomic E-state index is 0.471. The van der Waals surface area contributed by atoms with Gasteiger partial charge in [-0.2, -0.15) is 0 Å². The van der Waals surface area contributed by atoms with Crippen molar-refractivity contribution in [1.82, 2.24) is 5.32 Å². The van der Waals surface area contributed by atoms with Crippen LogP contribution in [-0.4, -0.2) is 25.3 Å². The van der Waals surface area contributed by atoms with Gasteiger partial charge in [-0.1, -0.05) is 27.7 Å². The molecule has 0 spiro atoms. The van der Waals surface area contributed by atoms with Crippen LogP contribution in [0.4, 0.5) is 0 Å². The van der Waals surface area contributed by atoms with Crippen LogP contribution < -0.4 is 5.32 Å². The lowest BCUT2D eigenvalue weighted by Gasteiger charge is -2.38. The van der Waals surface area contributed by atoms with Crippen molar-refractivity contribution >= 4 is 0 Å². The van der Waals surface area contributed by atoms with Crippen molar-refractivity contribution < 1.29 is 4.74 Å². The molecule has 0 aromatic rings. The fourth-order valence-corrected chi connectivity index (χ4v) is 3.52. The van der Waals surface area contributed by atoms with E-state index in [1.165, 1.54) is 38.5 Å². The number of hydrogen-bond acceptors (Lipinski definition) is 2. The zero-order valence-electron chi connectivity index (χ0n) is 13.8. The first kappa shape index (κ1) is 17.0. The molecule has 0 heterocycles. The van der Waals surface area contributed by atoms with Crippen LogP contribution in [-0.2, 0) is 4.74 Å². The fraction of sp³-hybridized carbons (Fsp3) is 1.00. The molecule has 1 fully saturated rings. The van der Waals surface area contributed by atoms with Gasteiger partial charge in [0.05, 0.1) is 6.10 Å². The van der Waals surface area contributed by atoms with Gasteiger partial charge in [0.25, 0.3) is 0 Å². The molecule has 114 valence electrons. The van der Waals surface area contributed by atoms with Crippen LogP contribution in [0.25, 0.3) is 0 Å². The topological polar surface area (TPSA) is 21.3 Å². The average molecular weight is 269 g/mol. The summed E-state index contributed by atoms with van der Waals surface area (Å²) in [6, 6.07) is 0.630. The van der Waals surface area contributed by atoms with Crippen molar-refractivity contribution in [3.05, 3.63) is 0 Å². The van der Waals surface area contributed by atoms with Gasteiger partial charge in [-0.3, -0.25) is 0 Å². The Labute approximate surface area is 120 Å². The zero-order valence-corrected chi connectivity index (χ0v) is 13.8. The Hall–Kier alpha value is -0.0800. The first-order valence-corrected chi connectivity index (χ1v) is 8.28. The SMILES string of the molecule is CCCNC(C)CCCOC1CC(C)CC(C)(C)C1. The molecule has 3 atom stereocenters. The summed E-state index contributed by atoms with van der Waals surface area (Å²) in [5.41, 5.74) is 0.471. The van der Waals surface area contributed by atoms with E-state index >= 15 is 0 Å². The van der Waals surface area contributed by atoms with Gasteiger partial charge < -0.3 is 10.1 Å². The summed E-state index contributed by atoms with van der Waals surface area (Å²) in [6.07, 6.45) is 7.97. The second-order valence-electron chi connectivity index (χ2n) is 7.40. The molecule has 1 saturated carbocycles. The molecule has 1 aliphatic rings. The smallest absolute Gasteiger partial charge is 0.0582 e. The Balaban J connectivity index is 2.12. The van der Waals surface area contributed by atoms with Crippen LogP contribution in [0.15, 0.2) is 0 Å². The predicted octanol–water partition coefficient (Wildman–Crippen LogP) is 4.39. The zero-order chi connectivity index (χ0) is 14.3. The summed E-state index contributed by atoms with van der Waals surface area (Å²) in [5, 5.41) is 3.54. The lowest BCUT2D eigenvalue weighted by atomic mass is 9.71. The summed E-state index contributed by atoms with van der Waals surface area (Å²) < 4.78 is 6.12. The van der Waals surface area contributed by atoms with Crippen LogP contribution >= 0.6 is 0 Å². The van der Waals surface area contributed by atoms with E-state index in [4.69, 9.17) is 4.74 Å². The fourth-order valence-electron chi connectivity index (χ4n) is 3.52. The maximum absolute atomic E-state index is 6.12. The van der Waals surface area contributed by atoms with E-state index in [1.807, 2.05) is 0 Å². The normalized spacial score (nSPS) is 28.3. The standard InChI is InChI=1S/C17H35NO/c1-6-9-18-15(3)8-7-10-19-16-11-14(2)12-17(4,5)13-16/h14-16,18H,6-13H2,1-5H3. The Morgan fingerprint density at radius 2 is 2.05 bits per heavy atom. The highest BCUT2D eigenvalue weighted by molar-refractivity contribution is 4.83. The van der Waals surface area contributed by atoms with Crippen LogP contribution in [0.2, 0.25) is 0 Å². The molecule has 0 aromatic heterocycles. The van der Waals surface area contributed by atoms with E-state index < -0.39 is 0 Å². The van der Waals surface area contributed by atoms with E-state index in [0.29, 0.717) is 17.6 Å². The number of ether oxygens (including phenoxy) is 1. The molecule has 0 radical (unpaired) electrons. The van der Waals surface area contributed by atoms with Crippen molar-refractivity contribution in [2.75, 3.05) is 13.2 Å². The largest absolute Gasteiger partial charge is 0.378 e. The van der Waals surface area contributed by atoms with Crippen molar-refractivity contribution in [3.8, 4) is 0 Å². The highest BCUT2D eigenvalue weighted by atomic mass is 16.5. The third-order valence-electron chi connectivity index (χ3n) is 4.22. The van der Waals surface area contributed by atoms with Gasteiger partial charge in [0.15, 0.2) is 0 Å². The second-order valence-corrected chi connectivity index (χ2v) is 7.40. The van der Waals surface area contributed by atoms with E-state index in [9.17, 15) is 0 Å². The molecule has 0 amide bonds. The Morgan fingerprint density at radius 3 is 2.68 bits per heavy atom. The second kappa shape index (κ2) is 8.26.